The van der Waals surface area contributed by atoms with Crippen LogP contribution < -0.4 is 0 Å². The van der Waals surface area contributed by atoms with E-state index in [2.05, 4.69) is 35.0 Å². The number of nitrogens with zero attached hydrogens (tertiary/aromatic N) is 1. The maximum absolute atomic E-state index is 2.40. The van der Waals surface area contributed by atoms with Gasteiger partial charge in [-0.25, -0.2) is 0 Å². The van der Waals surface area contributed by atoms with E-state index in [9.17, 15) is 0 Å². The molecule has 0 N–H and O–H groups in total. The summed E-state index contributed by atoms with van der Waals surface area (Å²) in [5.41, 5.74) is 0. The zero-order chi connectivity index (χ0) is 20.9. The third-order valence-corrected chi connectivity index (χ3v) is 6.63. The normalized spacial score (nSPS) is 13.2. The Hall–Kier alpha value is -0.0400. The first kappa shape index (κ1) is 28.0. The van der Waals surface area contributed by atoms with Crippen LogP contribution in [0.25, 0.3) is 0 Å². The predicted molar refractivity (Wildman–Crippen MR) is 130 cm³/mol. The van der Waals surface area contributed by atoms with E-state index in [1.54, 1.807) is 0 Å². The summed E-state index contributed by atoms with van der Waals surface area (Å²) in [6, 6.07) is 0.874. The molecule has 1 atom stereocenters. The zero-order valence-corrected chi connectivity index (χ0v) is 20.9. The summed E-state index contributed by atoms with van der Waals surface area (Å²) in [4.78, 5) is 0. The lowest BCUT2D eigenvalue weighted by Gasteiger charge is -2.34. The van der Waals surface area contributed by atoms with Crippen LogP contribution in [-0.4, -0.2) is 31.7 Å². The summed E-state index contributed by atoms with van der Waals surface area (Å²) in [5.74, 6) is 0. The average molecular weight is 397 g/mol. The first-order valence-corrected chi connectivity index (χ1v) is 13.3. The van der Waals surface area contributed by atoms with Crippen molar-refractivity contribution < 1.29 is 4.48 Å². The minimum atomic E-state index is 0.874. The van der Waals surface area contributed by atoms with Crippen molar-refractivity contribution in [1.29, 1.82) is 0 Å². The van der Waals surface area contributed by atoms with Crippen LogP contribution in [0.15, 0.2) is 0 Å². The fourth-order valence-corrected chi connectivity index (χ4v) is 4.48. The molecule has 170 valence electrons. The van der Waals surface area contributed by atoms with Crippen molar-refractivity contribution in [1.82, 2.24) is 0 Å². The van der Waals surface area contributed by atoms with Gasteiger partial charge >= 0.3 is 0 Å². The van der Waals surface area contributed by atoms with Crippen molar-refractivity contribution in [3.63, 3.8) is 0 Å². The second kappa shape index (κ2) is 20.2. The Labute approximate surface area is 180 Å². The van der Waals surface area contributed by atoms with Crippen LogP contribution in [0.2, 0.25) is 0 Å². The summed E-state index contributed by atoms with van der Waals surface area (Å²) < 4.78 is 1.16. The Morgan fingerprint density at radius 1 is 0.393 bits per heavy atom. The zero-order valence-electron chi connectivity index (χ0n) is 20.9. The van der Waals surface area contributed by atoms with Gasteiger partial charge in [-0.3, -0.25) is 0 Å². The van der Waals surface area contributed by atoms with E-state index in [4.69, 9.17) is 0 Å². The van der Waals surface area contributed by atoms with Crippen molar-refractivity contribution in [3.8, 4) is 0 Å². The van der Waals surface area contributed by atoms with Crippen LogP contribution in [0.3, 0.4) is 0 Å². The molecule has 1 nitrogen and oxygen atoms in total. The van der Waals surface area contributed by atoms with Gasteiger partial charge in [-0.1, -0.05) is 123 Å². The first-order valence-electron chi connectivity index (χ1n) is 13.3. The van der Waals surface area contributed by atoms with Gasteiger partial charge in [0.15, 0.2) is 0 Å². The van der Waals surface area contributed by atoms with Gasteiger partial charge < -0.3 is 4.48 Å². The van der Waals surface area contributed by atoms with Crippen LogP contribution in [0, 0.1) is 0 Å². The fourth-order valence-electron chi connectivity index (χ4n) is 4.48. The highest BCUT2D eigenvalue weighted by molar-refractivity contribution is 4.60. The fraction of sp³-hybridized carbons (Fsp3) is 1.00. The molecule has 0 aliphatic rings. The highest BCUT2D eigenvalue weighted by atomic mass is 15.3. The van der Waals surface area contributed by atoms with Gasteiger partial charge in [0.1, 0.15) is 0 Å². The molecular weight excluding hydrogens is 338 g/mol. The molecule has 0 spiro atoms. The van der Waals surface area contributed by atoms with Crippen LogP contribution in [-0.2, 0) is 0 Å². The molecular formula is C27H58N+. The van der Waals surface area contributed by atoms with Gasteiger partial charge in [0.05, 0.1) is 27.2 Å². The van der Waals surface area contributed by atoms with Crippen molar-refractivity contribution in [2.24, 2.45) is 0 Å². The second-order valence-corrected chi connectivity index (χ2v) is 10.4. The van der Waals surface area contributed by atoms with E-state index in [-0.39, 0.29) is 0 Å². The van der Waals surface area contributed by atoms with Gasteiger partial charge in [-0.15, -0.1) is 0 Å². The topological polar surface area (TPSA) is 0 Å². The van der Waals surface area contributed by atoms with E-state index in [1.165, 1.54) is 135 Å². The molecule has 1 heteroatoms. The van der Waals surface area contributed by atoms with E-state index >= 15 is 0 Å². The molecule has 1 unspecified atom stereocenters. The number of unbranched alkanes of at least 4 members (excludes halogenated alkanes) is 17. The number of rotatable bonds is 22. The highest BCUT2D eigenvalue weighted by Gasteiger charge is 2.22. The predicted octanol–water partition coefficient (Wildman–Crippen LogP) is 9.29. The molecule has 0 bridgehead atoms. The standard InChI is InChI=1S/C27H58N/c1-6-8-10-12-13-14-15-16-17-18-19-20-22-24-26-27(28(3,4)5)25-23-21-11-9-7-2/h27H,6-26H2,1-5H3/q+1. The number of hydrogen-bond acceptors (Lipinski definition) is 0. The quantitative estimate of drug-likeness (QED) is 0.126. The smallest absolute Gasteiger partial charge is 0.0884 e. The molecule has 0 saturated heterocycles. The lowest BCUT2D eigenvalue weighted by atomic mass is 9.98. The summed E-state index contributed by atoms with van der Waals surface area (Å²) in [7, 11) is 7.21. The van der Waals surface area contributed by atoms with Crippen LogP contribution in [0.1, 0.15) is 149 Å². The molecule has 0 heterocycles. The van der Waals surface area contributed by atoms with Crippen molar-refractivity contribution in [2.45, 2.75) is 155 Å². The molecule has 0 saturated carbocycles. The van der Waals surface area contributed by atoms with Gasteiger partial charge in [0, 0.05) is 0 Å². The molecule has 0 aromatic heterocycles. The van der Waals surface area contributed by atoms with E-state index < -0.39 is 0 Å². The third kappa shape index (κ3) is 19.3. The Kier molecular flexibility index (Phi) is 20.2. The average Bonchev–Trinajstić information content (AvgIpc) is 2.65. The van der Waals surface area contributed by atoms with Crippen molar-refractivity contribution in [2.75, 3.05) is 21.1 Å². The summed E-state index contributed by atoms with van der Waals surface area (Å²) in [6.07, 6.45) is 30.5. The van der Waals surface area contributed by atoms with Crippen LogP contribution >= 0.6 is 0 Å². The molecule has 0 aliphatic carbocycles. The van der Waals surface area contributed by atoms with E-state index in [0.717, 1.165) is 10.5 Å². The van der Waals surface area contributed by atoms with E-state index in [1.807, 2.05) is 0 Å². The van der Waals surface area contributed by atoms with Crippen LogP contribution in [0.5, 0.6) is 0 Å². The Morgan fingerprint density at radius 3 is 0.893 bits per heavy atom. The lowest BCUT2D eigenvalue weighted by molar-refractivity contribution is -0.896. The lowest BCUT2D eigenvalue weighted by Crippen LogP contribution is -2.45. The number of hydrogen-bond donors (Lipinski definition) is 0. The van der Waals surface area contributed by atoms with Crippen LogP contribution in [0.4, 0.5) is 0 Å². The minimum Gasteiger partial charge on any atom is -0.328 e. The molecule has 0 aromatic carbocycles. The molecule has 0 aliphatic heterocycles. The monoisotopic (exact) mass is 396 g/mol. The minimum absolute atomic E-state index is 0.874. The molecule has 0 amide bonds. The van der Waals surface area contributed by atoms with E-state index in [0.29, 0.717) is 0 Å². The van der Waals surface area contributed by atoms with Crippen molar-refractivity contribution >= 4 is 0 Å². The summed E-state index contributed by atoms with van der Waals surface area (Å²) >= 11 is 0. The summed E-state index contributed by atoms with van der Waals surface area (Å²) in [5, 5.41) is 0. The number of quaternary nitrogens is 1. The Bertz CT molecular complexity index is 291. The summed E-state index contributed by atoms with van der Waals surface area (Å²) in [6.45, 7) is 4.61. The highest BCUT2D eigenvalue weighted by Crippen LogP contribution is 2.20. The van der Waals surface area contributed by atoms with Gasteiger partial charge in [0.2, 0.25) is 0 Å². The Morgan fingerprint density at radius 2 is 0.643 bits per heavy atom. The molecule has 0 fully saturated rings. The van der Waals surface area contributed by atoms with Gasteiger partial charge in [-0.05, 0) is 25.7 Å². The second-order valence-electron chi connectivity index (χ2n) is 10.4. The molecule has 28 heavy (non-hydrogen) atoms. The Balaban J connectivity index is 3.49. The van der Waals surface area contributed by atoms with Gasteiger partial charge in [-0.2, -0.15) is 0 Å². The largest absolute Gasteiger partial charge is 0.328 e. The van der Waals surface area contributed by atoms with Crippen molar-refractivity contribution in [3.05, 3.63) is 0 Å². The maximum Gasteiger partial charge on any atom is 0.0884 e. The molecule has 0 radical (unpaired) electrons. The third-order valence-electron chi connectivity index (χ3n) is 6.63. The molecule has 0 aromatic rings. The molecule has 0 rings (SSSR count). The maximum atomic E-state index is 2.40. The first-order chi connectivity index (χ1) is 13.5. The SMILES string of the molecule is CCCCCCCCCCCCCCCCC(CCCCCCC)[N+](C)(C)C. The van der Waals surface area contributed by atoms with Gasteiger partial charge in [0.25, 0.3) is 0 Å².